The van der Waals surface area contributed by atoms with Gasteiger partial charge in [0.1, 0.15) is 6.04 Å². The molecule has 1 aliphatic heterocycles. The van der Waals surface area contributed by atoms with Crippen LogP contribution >= 0.6 is 0 Å². The molecule has 0 amide bonds. The van der Waals surface area contributed by atoms with Crippen molar-refractivity contribution in [3.05, 3.63) is 23.8 Å². The third-order valence-corrected chi connectivity index (χ3v) is 4.92. The topological polar surface area (TPSA) is 60.3 Å². The van der Waals surface area contributed by atoms with Crippen molar-refractivity contribution in [1.82, 2.24) is 15.1 Å². The number of para-hydroxylation sites is 1. The number of benzene rings is 1. The summed E-state index contributed by atoms with van der Waals surface area (Å²) in [6.07, 6.45) is -3.68. The molecule has 158 valence electrons. The molecule has 1 aromatic carbocycles. The van der Waals surface area contributed by atoms with Crippen molar-refractivity contribution in [3.63, 3.8) is 0 Å². The van der Waals surface area contributed by atoms with Gasteiger partial charge in [-0.2, -0.15) is 13.2 Å². The molecular weight excluding hydrogens is 373 g/mol. The predicted octanol–water partition coefficient (Wildman–Crippen LogP) is 2.48. The fourth-order valence-electron chi connectivity index (χ4n) is 3.17. The highest BCUT2D eigenvalue weighted by Gasteiger charge is 2.41. The first kappa shape index (κ1) is 22.1. The first-order valence-electron chi connectivity index (χ1n) is 9.46. The quantitative estimate of drug-likeness (QED) is 0.566. The standard InChI is InChI=1S/C19H29F3N4O2/c1-4-23-18(24-9-8-15-6-5-7-16(28-3)17(15)27)26-12-10-25(11-13-26)14(2)19(20,21)22/h5-7,14,27H,4,8-13H2,1-3H3,(H,23,24). The Morgan fingerprint density at radius 1 is 1.29 bits per heavy atom. The molecule has 1 aliphatic rings. The molecule has 9 heteroatoms. The summed E-state index contributed by atoms with van der Waals surface area (Å²) in [5.41, 5.74) is 0.739. The van der Waals surface area contributed by atoms with Crippen LogP contribution in [0.15, 0.2) is 23.2 Å². The van der Waals surface area contributed by atoms with Crippen LogP contribution in [0.2, 0.25) is 0 Å². The van der Waals surface area contributed by atoms with Crippen LogP contribution in [0.3, 0.4) is 0 Å². The summed E-state index contributed by atoms with van der Waals surface area (Å²) < 4.78 is 43.8. The van der Waals surface area contributed by atoms with Crippen molar-refractivity contribution in [2.75, 3.05) is 46.4 Å². The summed E-state index contributed by atoms with van der Waals surface area (Å²) in [5, 5.41) is 13.4. The third-order valence-electron chi connectivity index (χ3n) is 4.92. The van der Waals surface area contributed by atoms with E-state index in [2.05, 4.69) is 10.3 Å². The summed E-state index contributed by atoms with van der Waals surface area (Å²) in [7, 11) is 1.50. The molecule has 0 aliphatic carbocycles. The van der Waals surface area contributed by atoms with Crippen LogP contribution in [0.5, 0.6) is 11.5 Å². The molecule has 1 saturated heterocycles. The van der Waals surface area contributed by atoms with Gasteiger partial charge in [-0.25, -0.2) is 0 Å². The second kappa shape index (κ2) is 9.86. The first-order valence-corrected chi connectivity index (χ1v) is 9.46. The number of phenols is 1. The van der Waals surface area contributed by atoms with E-state index >= 15 is 0 Å². The third kappa shape index (κ3) is 5.67. The van der Waals surface area contributed by atoms with Gasteiger partial charge in [-0.15, -0.1) is 0 Å². The predicted molar refractivity (Wildman–Crippen MR) is 103 cm³/mol. The molecule has 2 N–H and O–H groups in total. The molecule has 1 heterocycles. The molecule has 0 saturated carbocycles. The molecule has 1 fully saturated rings. The lowest BCUT2D eigenvalue weighted by atomic mass is 10.1. The fraction of sp³-hybridized carbons (Fsp3) is 0.632. The summed E-state index contributed by atoms with van der Waals surface area (Å²) in [6.45, 7) is 5.91. The second-order valence-corrected chi connectivity index (χ2v) is 6.69. The minimum atomic E-state index is -4.21. The van der Waals surface area contributed by atoms with Gasteiger partial charge >= 0.3 is 6.18 Å². The minimum Gasteiger partial charge on any atom is -0.504 e. The zero-order chi connectivity index (χ0) is 20.7. The Kier molecular flexibility index (Phi) is 7.79. The van der Waals surface area contributed by atoms with E-state index in [-0.39, 0.29) is 5.75 Å². The van der Waals surface area contributed by atoms with Gasteiger partial charge in [0, 0.05) is 39.3 Å². The van der Waals surface area contributed by atoms with Gasteiger partial charge in [-0.3, -0.25) is 9.89 Å². The number of piperazine rings is 1. The molecular formula is C19H29F3N4O2. The summed E-state index contributed by atoms with van der Waals surface area (Å²) >= 11 is 0. The molecule has 0 radical (unpaired) electrons. The minimum absolute atomic E-state index is 0.111. The number of halogens is 3. The summed E-state index contributed by atoms with van der Waals surface area (Å²) in [4.78, 5) is 8.02. The monoisotopic (exact) mass is 402 g/mol. The molecule has 6 nitrogen and oxygen atoms in total. The average molecular weight is 402 g/mol. The zero-order valence-electron chi connectivity index (χ0n) is 16.6. The van der Waals surface area contributed by atoms with E-state index in [9.17, 15) is 18.3 Å². The van der Waals surface area contributed by atoms with Crippen LogP contribution in [-0.4, -0.2) is 79.5 Å². The Hall–Kier alpha value is -2.16. The Bertz CT molecular complexity index is 659. The number of aromatic hydroxyl groups is 1. The van der Waals surface area contributed by atoms with E-state index in [1.54, 1.807) is 6.07 Å². The number of nitrogens with zero attached hydrogens (tertiary/aromatic N) is 3. The zero-order valence-corrected chi connectivity index (χ0v) is 16.6. The first-order chi connectivity index (χ1) is 13.3. The molecule has 2 rings (SSSR count). The van der Waals surface area contributed by atoms with Gasteiger partial charge in [0.25, 0.3) is 0 Å². The number of guanidine groups is 1. The van der Waals surface area contributed by atoms with E-state index in [1.807, 2.05) is 24.0 Å². The van der Waals surface area contributed by atoms with Crippen molar-refractivity contribution in [2.24, 2.45) is 4.99 Å². The van der Waals surface area contributed by atoms with Gasteiger partial charge in [-0.1, -0.05) is 12.1 Å². The van der Waals surface area contributed by atoms with E-state index in [0.717, 1.165) is 5.56 Å². The number of ether oxygens (including phenoxy) is 1. The highest BCUT2D eigenvalue weighted by atomic mass is 19.4. The lowest BCUT2D eigenvalue weighted by Crippen LogP contribution is -2.56. The van der Waals surface area contributed by atoms with Crippen LogP contribution in [0.4, 0.5) is 13.2 Å². The number of rotatable bonds is 6. The normalized spacial score (nSPS) is 17.5. The van der Waals surface area contributed by atoms with Crippen LogP contribution in [-0.2, 0) is 6.42 Å². The number of methoxy groups -OCH3 is 1. The van der Waals surface area contributed by atoms with Crippen LogP contribution < -0.4 is 10.1 Å². The number of hydrogen-bond donors (Lipinski definition) is 2. The van der Waals surface area contributed by atoms with Gasteiger partial charge in [0.15, 0.2) is 17.5 Å². The molecule has 0 aromatic heterocycles. The number of aliphatic imine (C=N–C) groups is 1. The van der Waals surface area contributed by atoms with Crippen molar-refractivity contribution in [3.8, 4) is 11.5 Å². The molecule has 0 bridgehead atoms. The highest BCUT2D eigenvalue weighted by molar-refractivity contribution is 5.80. The molecule has 1 unspecified atom stereocenters. The largest absolute Gasteiger partial charge is 0.504 e. The summed E-state index contributed by atoms with van der Waals surface area (Å²) in [5.74, 6) is 1.22. The number of nitrogens with one attached hydrogen (secondary N) is 1. The van der Waals surface area contributed by atoms with E-state index in [1.165, 1.54) is 18.9 Å². The van der Waals surface area contributed by atoms with Crippen LogP contribution in [0.1, 0.15) is 19.4 Å². The van der Waals surface area contributed by atoms with Gasteiger partial charge in [0.05, 0.1) is 7.11 Å². The van der Waals surface area contributed by atoms with E-state index < -0.39 is 12.2 Å². The maximum Gasteiger partial charge on any atom is 0.403 e. The smallest absolute Gasteiger partial charge is 0.403 e. The SMILES string of the molecule is CCNC(=NCCc1cccc(OC)c1O)N1CCN(C(C)C(F)(F)F)CC1. The van der Waals surface area contributed by atoms with Crippen molar-refractivity contribution in [1.29, 1.82) is 0 Å². The summed E-state index contributed by atoms with van der Waals surface area (Å²) in [6, 6.07) is 3.87. The lowest BCUT2D eigenvalue weighted by molar-refractivity contribution is -0.181. The molecule has 1 aromatic rings. The number of hydrogen-bond acceptors (Lipinski definition) is 4. The lowest BCUT2D eigenvalue weighted by Gasteiger charge is -2.39. The second-order valence-electron chi connectivity index (χ2n) is 6.69. The van der Waals surface area contributed by atoms with Crippen molar-refractivity contribution in [2.45, 2.75) is 32.5 Å². The average Bonchev–Trinajstić information content (AvgIpc) is 2.67. The van der Waals surface area contributed by atoms with Crippen molar-refractivity contribution >= 4 is 5.96 Å². The maximum absolute atomic E-state index is 12.9. The van der Waals surface area contributed by atoms with E-state index in [0.29, 0.717) is 57.4 Å². The van der Waals surface area contributed by atoms with Gasteiger partial charge in [0.2, 0.25) is 0 Å². The number of phenolic OH excluding ortho intramolecular Hbond substituents is 1. The molecule has 28 heavy (non-hydrogen) atoms. The van der Waals surface area contributed by atoms with Crippen LogP contribution in [0.25, 0.3) is 0 Å². The van der Waals surface area contributed by atoms with Crippen molar-refractivity contribution < 1.29 is 23.0 Å². The van der Waals surface area contributed by atoms with Gasteiger partial charge in [-0.05, 0) is 31.9 Å². The van der Waals surface area contributed by atoms with Gasteiger partial charge < -0.3 is 20.1 Å². The molecule has 1 atom stereocenters. The Balaban J connectivity index is 1.96. The highest BCUT2D eigenvalue weighted by Crippen LogP contribution is 2.29. The Morgan fingerprint density at radius 3 is 2.54 bits per heavy atom. The van der Waals surface area contributed by atoms with Crippen LogP contribution in [0, 0.1) is 0 Å². The number of alkyl halides is 3. The Labute approximate surface area is 164 Å². The fourth-order valence-corrected chi connectivity index (χ4v) is 3.17. The molecule has 0 spiro atoms. The van der Waals surface area contributed by atoms with E-state index in [4.69, 9.17) is 4.74 Å². The Morgan fingerprint density at radius 2 is 1.96 bits per heavy atom. The maximum atomic E-state index is 12.9.